The average Bonchev–Trinajstić information content (AvgIpc) is 2.74. The number of hydrogen-bond donors (Lipinski definition) is 1. The van der Waals surface area contributed by atoms with Crippen molar-refractivity contribution in [2.24, 2.45) is 17.8 Å². The molecule has 2 nitrogen and oxygen atoms in total. The minimum atomic E-state index is 0.000561. The summed E-state index contributed by atoms with van der Waals surface area (Å²) in [5, 5.41) is 10.1. The van der Waals surface area contributed by atoms with E-state index < -0.39 is 0 Å². The molecule has 2 saturated carbocycles. The van der Waals surface area contributed by atoms with Crippen LogP contribution in [-0.4, -0.2) is 47.3 Å². The predicted octanol–water partition coefficient (Wildman–Crippen LogP) is 1.05. The Hall–Kier alpha value is 0.270. The minimum Gasteiger partial charge on any atom is -0.391 e. The first kappa shape index (κ1) is 9.49. The summed E-state index contributed by atoms with van der Waals surface area (Å²) in [6.07, 6.45) is 4.78. The monoisotopic (exact) mass is 213 g/mol. The minimum absolute atomic E-state index is 0.000561. The second-order valence-corrected chi connectivity index (χ2v) is 6.11. The first-order valence-corrected chi connectivity index (χ1v) is 7.11. The summed E-state index contributed by atoms with van der Waals surface area (Å²) >= 11 is 1.92. The Labute approximate surface area is 90.0 Å². The lowest BCUT2D eigenvalue weighted by Gasteiger charge is -2.28. The van der Waals surface area contributed by atoms with Gasteiger partial charge in [-0.2, -0.15) is 11.8 Å². The maximum atomic E-state index is 10.1. The molecule has 0 aromatic heterocycles. The lowest BCUT2D eigenvalue weighted by atomic mass is 9.88. The molecule has 1 aliphatic heterocycles. The molecule has 2 bridgehead atoms. The van der Waals surface area contributed by atoms with Crippen molar-refractivity contribution in [3.63, 3.8) is 0 Å². The Balaban J connectivity index is 1.72. The molecule has 1 N–H and O–H groups in total. The van der Waals surface area contributed by atoms with Crippen molar-refractivity contribution in [2.75, 3.05) is 25.1 Å². The van der Waals surface area contributed by atoms with Crippen LogP contribution in [0.5, 0.6) is 0 Å². The zero-order chi connectivity index (χ0) is 9.71. The van der Waals surface area contributed by atoms with Crippen LogP contribution < -0.4 is 0 Å². The topological polar surface area (TPSA) is 23.5 Å². The lowest BCUT2D eigenvalue weighted by molar-refractivity contribution is 0.0533. The van der Waals surface area contributed by atoms with Crippen molar-refractivity contribution in [1.29, 1.82) is 0 Å². The molecule has 0 amide bonds. The normalized spacial score (nSPS) is 50.6. The number of nitrogens with zero attached hydrogens (tertiary/aromatic N) is 1. The average molecular weight is 213 g/mol. The highest BCUT2D eigenvalue weighted by molar-refractivity contribution is 7.98. The van der Waals surface area contributed by atoms with Crippen LogP contribution in [0, 0.1) is 17.8 Å². The smallest absolute Gasteiger partial charge is 0.0726 e. The van der Waals surface area contributed by atoms with Crippen LogP contribution in [0.15, 0.2) is 0 Å². The van der Waals surface area contributed by atoms with Gasteiger partial charge in [0, 0.05) is 24.9 Å². The van der Waals surface area contributed by atoms with Crippen LogP contribution in [0.3, 0.4) is 0 Å². The highest BCUT2D eigenvalue weighted by Crippen LogP contribution is 2.54. The molecule has 3 heteroatoms. The number of hydrogen-bond acceptors (Lipinski definition) is 3. The molecule has 1 heterocycles. The van der Waals surface area contributed by atoms with E-state index in [1.807, 2.05) is 11.8 Å². The second-order valence-electron chi connectivity index (χ2n) is 5.12. The van der Waals surface area contributed by atoms with Gasteiger partial charge in [-0.05, 0) is 36.9 Å². The van der Waals surface area contributed by atoms with Gasteiger partial charge in [0.05, 0.1) is 6.10 Å². The fourth-order valence-corrected chi connectivity index (χ4v) is 4.42. The Morgan fingerprint density at radius 2 is 2.21 bits per heavy atom. The van der Waals surface area contributed by atoms with Gasteiger partial charge in [-0.15, -0.1) is 0 Å². The summed E-state index contributed by atoms with van der Waals surface area (Å²) in [5.74, 6) is 3.63. The van der Waals surface area contributed by atoms with E-state index in [-0.39, 0.29) is 6.10 Å². The van der Waals surface area contributed by atoms with Crippen molar-refractivity contribution in [1.82, 2.24) is 4.90 Å². The SMILES string of the molecule is CSCCN1CC2CC3CC2C1C3O. The van der Waals surface area contributed by atoms with E-state index in [1.54, 1.807) is 0 Å². The summed E-state index contributed by atoms with van der Waals surface area (Å²) in [7, 11) is 0. The van der Waals surface area contributed by atoms with E-state index in [4.69, 9.17) is 0 Å². The summed E-state index contributed by atoms with van der Waals surface area (Å²) in [6.45, 7) is 2.45. The summed E-state index contributed by atoms with van der Waals surface area (Å²) in [4.78, 5) is 2.56. The molecule has 5 unspecified atom stereocenters. The summed E-state index contributed by atoms with van der Waals surface area (Å²) < 4.78 is 0. The molecule has 2 aliphatic carbocycles. The van der Waals surface area contributed by atoms with Gasteiger partial charge in [-0.25, -0.2) is 0 Å². The third-order valence-corrected chi connectivity index (χ3v) is 5.12. The van der Waals surface area contributed by atoms with Gasteiger partial charge >= 0.3 is 0 Å². The van der Waals surface area contributed by atoms with Gasteiger partial charge in [0.25, 0.3) is 0 Å². The van der Waals surface area contributed by atoms with Gasteiger partial charge in [0.1, 0.15) is 0 Å². The van der Waals surface area contributed by atoms with Crippen molar-refractivity contribution in [3.05, 3.63) is 0 Å². The van der Waals surface area contributed by atoms with Gasteiger partial charge in [-0.3, -0.25) is 4.90 Å². The van der Waals surface area contributed by atoms with Gasteiger partial charge < -0.3 is 5.11 Å². The number of aliphatic hydroxyl groups excluding tert-OH is 1. The number of rotatable bonds is 3. The molecular formula is C11H19NOS. The van der Waals surface area contributed by atoms with Crippen LogP contribution in [0.2, 0.25) is 0 Å². The maximum absolute atomic E-state index is 10.1. The van der Waals surface area contributed by atoms with Gasteiger partial charge in [-0.1, -0.05) is 0 Å². The number of aliphatic hydroxyl groups is 1. The van der Waals surface area contributed by atoms with Crippen LogP contribution in [0.1, 0.15) is 12.8 Å². The molecule has 0 radical (unpaired) electrons. The van der Waals surface area contributed by atoms with Crippen LogP contribution >= 0.6 is 11.8 Å². The molecule has 3 rings (SSSR count). The van der Waals surface area contributed by atoms with E-state index in [2.05, 4.69) is 11.2 Å². The molecule has 1 saturated heterocycles. The van der Waals surface area contributed by atoms with E-state index >= 15 is 0 Å². The molecule has 0 spiro atoms. The number of likely N-dealkylation sites (tertiary alicyclic amines) is 1. The third-order valence-electron chi connectivity index (χ3n) is 4.53. The third kappa shape index (κ3) is 1.18. The highest BCUT2D eigenvalue weighted by atomic mass is 32.2. The Morgan fingerprint density at radius 1 is 1.36 bits per heavy atom. The quantitative estimate of drug-likeness (QED) is 0.758. The van der Waals surface area contributed by atoms with Crippen LogP contribution in [0.25, 0.3) is 0 Å². The summed E-state index contributed by atoms with van der Waals surface area (Å²) in [6, 6.07) is 0.533. The molecule has 0 aromatic carbocycles. The Kier molecular flexibility index (Phi) is 2.30. The molecule has 3 aliphatic rings. The zero-order valence-electron chi connectivity index (χ0n) is 8.72. The van der Waals surface area contributed by atoms with E-state index in [1.165, 1.54) is 31.7 Å². The molecule has 3 fully saturated rings. The van der Waals surface area contributed by atoms with Crippen molar-refractivity contribution in [3.8, 4) is 0 Å². The van der Waals surface area contributed by atoms with E-state index in [0.29, 0.717) is 12.0 Å². The zero-order valence-corrected chi connectivity index (χ0v) is 9.54. The Morgan fingerprint density at radius 3 is 2.93 bits per heavy atom. The number of thioether (sulfide) groups is 1. The predicted molar refractivity (Wildman–Crippen MR) is 59.5 cm³/mol. The molecule has 80 valence electrons. The fourth-order valence-electron chi connectivity index (χ4n) is 4.00. The largest absolute Gasteiger partial charge is 0.391 e. The van der Waals surface area contributed by atoms with Gasteiger partial charge in [0.15, 0.2) is 0 Å². The van der Waals surface area contributed by atoms with Gasteiger partial charge in [0.2, 0.25) is 0 Å². The van der Waals surface area contributed by atoms with Crippen molar-refractivity contribution < 1.29 is 5.11 Å². The maximum Gasteiger partial charge on any atom is 0.0726 e. The van der Waals surface area contributed by atoms with Crippen molar-refractivity contribution >= 4 is 11.8 Å². The fraction of sp³-hybridized carbons (Fsp3) is 1.00. The first-order valence-electron chi connectivity index (χ1n) is 5.72. The highest BCUT2D eigenvalue weighted by Gasteiger charge is 2.58. The number of fused-ring (bicyclic) bond motifs is 1. The molecule has 0 aromatic rings. The second kappa shape index (κ2) is 3.39. The standard InChI is InChI=1S/C11H19NOS/c1-14-3-2-12-6-8-4-7-5-9(8)10(12)11(7)13/h7-11,13H,2-6H2,1H3. The van der Waals surface area contributed by atoms with Crippen molar-refractivity contribution in [2.45, 2.75) is 25.0 Å². The van der Waals surface area contributed by atoms with Crippen LogP contribution in [0.4, 0.5) is 0 Å². The van der Waals surface area contributed by atoms with Crippen LogP contribution in [-0.2, 0) is 0 Å². The molecule has 14 heavy (non-hydrogen) atoms. The molecule has 5 atom stereocenters. The van der Waals surface area contributed by atoms with E-state index in [9.17, 15) is 5.11 Å². The lowest BCUT2D eigenvalue weighted by Crippen LogP contribution is -2.41. The Bertz CT molecular complexity index is 233. The summed E-state index contributed by atoms with van der Waals surface area (Å²) in [5.41, 5.74) is 0. The molecular weight excluding hydrogens is 194 g/mol. The van der Waals surface area contributed by atoms with E-state index in [0.717, 1.165) is 11.8 Å². The first-order chi connectivity index (χ1) is 6.81.